The van der Waals surface area contributed by atoms with Gasteiger partial charge in [0.1, 0.15) is 6.10 Å². The number of halogens is 1. The SMILES string of the molecule is CCOc1ccccc1OC1CC(Cl)C1(CC)CC. The Hall–Kier alpha value is -0.890. The number of benzene rings is 1. The molecule has 0 spiro atoms. The van der Waals surface area contributed by atoms with E-state index in [1.54, 1.807) is 0 Å². The molecule has 2 nitrogen and oxygen atoms in total. The monoisotopic (exact) mass is 282 g/mol. The molecule has 0 aromatic heterocycles. The van der Waals surface area contributed by atoms with E-state index in [1.165, 1.54) is 0 Å². The highest BCUT2D eigenvalue weighted by molar-refractivity contribution is 6.21. The Labute approximate surface area is 121 Å². The van der Waals surface area contributed by atoms with Crippen molar-refractivity contribution in [1.29, 1.82) is 0 Å². The van der Waals surface area contributed by atoms with Gasteiger partial charge in [0.2, 0.25) is 0 Å². The Balaban J connectivity index is 2.14. The highest BCUT2D eigenvalue weighted by atomic mass is 35.5. The third-order valence-electron chi connectivity index (χ3n) is 4.42. The van der Waals surface area contributed by atoms with Crippen molar-refractivity contribution in [2.24, 2.45) is 5.41 Å². The topological polar surface area (TPSA) is 18.5 Å². The Morgan fingerprint density at radius 2 is 1.79 bits per heavy atom. The van der Waals surface area contributed by atoms with Gasteiger partial charge in [0.15, 0.2) is 11.5 Å². The second-order valence-corrected chi connectivity index (χ2v) is 5.66. The van der Waals surface area contributed by atoms with Crippen LogP contribution in [0.3, 0.4) is 0 Å². The minimum absolute atomic E-state index is 0.112. The van der Waals surface area contributed by atoms with Crippen LogP contribution in [-0.4, -0.2) is 18.1 Å². The normalized spacial score (nSPS) is 24.6. The van der Waals surface area contributed by atoms with Crippen molar-refractivity contribution in [2.45, 2.75) is 51.5 Å². The Morgan fingerprint density at radius 1 is 1.16 bits per heavy atom. The van der Waals surface area contributed by atoms with E-state index < -0.39 is 0 Å². The third kappa shape index (κ3) is 2.55. The van der Waals surface area contributed by atoms with E-state index in [0.29, 0.717) is 6.61 Å². The van der Waals surface area contributed by atoms with E-state index in [9.17, 15) is 0 Å². The Bertz CT molecular complexity index is 415. The van der Waals surface area contributed by atoms with E-state index >= 15 is 0 Å². The lowest BCUT2D eigenvalue weighted by molar-refractivity contribution is -0.0474. The molecule has 1 aliphatic carbocycles. The van der Waals surface area contributed by atoms with Gasteiger partial charge in [0.25, 0.3) is 0 Å². The maximum Gasteiger partial charge on any atom is 0.161 e. The molecule has 0 saturated heterocycles. The number of hydrogen-bond acceptors (Lipinski definition) is 2. The molecule has 0 amide bonds. The maximum absolute atomic E-state index is 6.42. The Morgan fingerprint density at radius 3 is 2.32 bits per heavy atom. The van der Waals surface area contributed by atoms with Crippen LogP contribution in [0.15, 0.2) is 24.3 Å². The van der Waals surface area contributed by atoms with Gasteiger partial charge in [-0.25, -0.2) is 0 Å². The first-order valence-corrected chi connectivity index (χ1v) is 7.64. The molecule has 3 heteroatoms. The number of alkyl halides is 1. The van der Waals surface area contributed by atoms with Crippen LogP contribution in [0.1, 0.15) is 40.0 Å². The average molecular weight is 283 g/mol. The lowest BCUT2D eigenvalue weighted by atomic mass is 9.62. The zero-order valence-corrected chi connectivity index (χ0v) is 12.7. The summed E-state index contributed by atoms with van der Waals surface area (Å²) in [6.45, 7) is 7.03. The minimum atomic E-state index is 0.112. The van der Waals surface area contributed by atoms with E-state index in [0.717, 1.165) is 30.8 Å². The smallest absolute Gasteiger partial charge is 0.161 e. The van der Waals surface area contributed by atoms with Crippen LogP contribution in [0.2, 0.25) is 0 Å². The molecule has 19 heavy (non-hydrogen) atoms. The van der Waals surface area contributed by atoms with Crippen molar-refractivity contribution in [3.05, 3.63) is 24.3 Å². The maximum atomic E-state index is 6.42. The van der Waals surface area contributed by atoms with Gasteiger partial charge in [0, 0.05) is 17.2 Å². The molecule has 2 unspecified atom stereocenters. The van der Waals surface area contributed by atoms with Crippen molar-refractivity contribution < 1.29 is 9.47 Å². The highest BCUT2D eigenvalue weighted by Crippen LogP contribution is 2.52. The number of para-hydroxylation sites is 2. The molecule has 2 rings (SSSR count). The number of hydrogen-bond donors (Lipinski definition) is 0. The summed E-state index contributed by atoms with van der Waals surface area (Å²) < 4.78 is 11.8. The van der Waals surface area contributed by atoms with Gasteiger partial charge in [-0.2, -0.15) is 0 Å². The standard InChI is InChI=1S/C16H23ClO2/c1-4-16(5-2)14(17)11-15(16)19-13-10-8-7-9-12(13)18-6-3/h7-10,14-15H,4-6,11H2,1-3H3. The molecule has 0 heterocycles. The first kappa shape index (κ1) is 14.5. The molecule has 1 fully saturated rings. The summed E-state index contributed by atoms with van der Waals surface area (Å²) in [5.41, 5.74) is 0.112. The van der Waals surface area contributed by atoms with Gasteiger partial charge in [-0.3, -0.25) is 0 Å². The Kier molecular flexibility index (Phi) is 4.62. The fraction of sp³-hybridized carbons (Fsp3) is 0.625. The molecule has 2 atom stereocenters. The fourth-order valence-electron chi connectivity index (χ4n) is 2.99. The summed E-state index contributed by atoms with van der Waals surface area (Å²) in [5.74, 6) is 1.66. The lowest BCUT2D eigenvalue weighted by Gasteiger charge is -2.52. The quantitative estimate of drug-likeness (QED) is 0.707. The highest BCUT2D eigenvalue weighted by Gasteiger charge is 2.53. The van der Waals surface area contributed by atoms with E-state index in [1.807, 2.05) is 31.2 Å². The summed E-state index contributed by atoms with van der Waals surface area (Å²) in [6.07, 6.45) is 3.23. The van der Waals surface area contributed by atoms with Gasteiger partial charge in [0.05, 0.1) is 6.61 Å². The zero-order chi connectivity index (χ0) is 13.9. The predicted octanol–water partition coefficient (Wildman–Crippen LogP) is 4.65. The summed E-state index contributed by atoms with van der Waals surface area (Å²) >= 11 is 6.42. The van der Waals surface area contributed by atoms with Crippen LogP contribution < -0.4 is 9.47 Å². The average Bonchev–Trinajstić information content (AvgIpc) is 2.42. The molecule has 1 aromatic carbocycles. The van der Waals surface area contributed by atoms with Crippen molar-refractivity contribution in [1.82, 2.24) is 0 Å². The summed E-state index contributed by atoms with van der Waals surface area (Å²) in [6, 6.07) is 7.88. The predicted molar refractivity (Wildman–Crippen MR) is 79.3 cm³/mol. The van der Waals surface area contributed by atoms with E-state index in [4.69, 9.17) is 21.1 Å². The number of rotatable bonds is 6. The molecule has 0 N–H and O–H groups in total. The van der Waals surface area contributed by atoms with Crippen LogP contribution in [0, 0.1) is 5.41 Å². The van der Waals surface area contributed by atoms with Crippen LogP contribution in [0.4, 0.5) is 0 Å². The van der Waals surface area contributed by atoms with Crippen LogP contribution in [0.5, 0.6) is 11.5 Å². The van der Waals surface area contributed by atoms with Crippen molar-refractivity contribution >= 4 is 11.6 Å². The van der Waals surface area contributed by atoms with Gasteiger partial charge in [-0.15, -0.1) is 11.6 Å². The van der Waals surface area contributed by atoms with Crippen molar-refractivity contribution in [3.8, 4) is 11.5 Å². The third-order valence-corrected chi connectivity index (χ3v) is 5.03. The largest absolute Gasteiger partial charge is 0.490 e. The van der Waals surface area contributed by atoms with Crippen molar-refractivity contribution in [2.75, 3.05) is 6.61 Å². The summed E-state index contributed by atoms with van der Waals surface area (Å²) in [4.78, 5) is 0. The van der Waals surface area contributed by atoms with Crippen LogP contribution >= 0.6 is 11.6 Å². The molecule has 1 aliphatic rings. The van der Waals surface area contributed by atoms with E-state index in [2.05, 4.69) is 13.8 Å². The molecular weight excluding hydrogens is 260 g/mol. The zero-order valence-electron chi connectivity index (χ0n) is 12.0. The minimum Gasteiger partial charge on any atom is -0.490 e. The van der Waals surface area contributed by atoms with E-state index in [-0.39, 0.29) is 16.9 Å². The van der Waals surface area contributed by atoms with Gasteiger partial charge in [-0.05, 0) is 31.9 Å². The van der Waals surface area contributed by atoms with Crippen molar-refractivity contribution in [3.63, 3.8) is 0 Å². The molecule has 0 aliphatic heterocycles. The molecule has 0 radical (unpaired) electrons. The lowest BCUT2D eigenvalue weighted by Crippen LogP contribution is -2.56. The summed E-state index contributed by atoms with van der Waals surface area (Å²) in [7, 11) is 0. The molecule has 106 valence electrons. The van der Waals surface area contributed by atoms with Gasteiger partial charge < -0.3 is 9.47 Å². The molecule has 1 saturated carbocycles. The van der Waals surface area contributed by atoms with Gasteiger partial charge in [-0.1, -0.05) is 26.0 Å². The second kappa shape index (κ2) is 6.04. The first-order valence-electron chi connectivity index (χ1n) is 7.20. The molecule has 1 aromatic rings. The van der Waals surface area contributed by atoms with Crippen LogP contribution in [0.25, 0.3) is 0 Å². The molecular formula is C16H23ClO2. The van der Waals surface area contributed by atoms with Gasteiger partial charge >= 0.3 is 0 Å². The summed E-state index contributed by atoms with van der Waals surface area (Å²) in [5, 5.41) is 0.228. The van der Waals surface area contributed by atoms with Crippen LogP contribution in [-0.2, 0) is 0 Å². The fourth-order valence-corrected chi connectivity index (χ4v) is 3.60. The number of ether oxygens (including phenoxy) is 2. The molecule has 0 bridgehead atoms. The second-order valence-electron chi connectivity index (χ2n) is 5.13. The first-order chi connectivity index (χ1) is 9.17.